The fraction of sp³-hybridized carbons (Fsp3) is 0.448. The van der Waals surface area contributed by atoms with Crippen LogP contribution in [0.2, 0.25) is 0 Å². The van der Waals surface area contributed by atoms with Crippen LogP contribution in [0.15, 0.2) is 70.4 Å². The molecule has 206 valence electrons. The summed E-state index contributed by atoms with van der Waals surface area (Å²) in [4.78, 5) is 6.93. The molecule has 7 nitrogen and oxygen atoms in total. The van der Waals surface area contributed by atoms with Crippen LogP contribution in [0.4, 0.5) is 20.3 Å². The summed E-state index contributed by atoms with van der Waals surface area (Å²) in [6, 6.07) is 9.83. The maximum atomic E-state index is 13.7. The van der Waals surface area contributed by atoms with E-state index >= 15 is 0 Å². The maximum absolute atomic E-state index is 13.7. The lowest BCUT2D eigenvalue weighted by Gasteiger charge is -2.46. The Labute approximate surface area is 230 Å². The molecule has 2 atom stereocenters. The highest BCUT2D eigenvalue weighted by molar-refractivity contribution is 7.89. The summed E-state index contributed by atoms with van der Waals surface area (Å²) < 4.78 is 48.6. The SMILES string of the molecule is N=CC1=C(Nc2ccc(F)cc2)C=C2CCN([S+]([O-])c3ccc(N4CC(F)C4)nc3)C[C@@]2(COCC2CC2)C1. The van der Waals surface area contributed by atoms with Gasteiger partial charge in [-0.1, -0.05) is 5.57 Å². The molecule has 1 saturated carbocycles. The number of alkyl halides is 1. The summed E-state index contributed by atoms with van der Waals surface area (Å²) in [5.74, 6) is 1.03. The third kappa shape index (κ3) is 5.75. The topological polar surface area (TPSA) is 87.5 Å². The monoisotopic (exact) mass is 553 g/mol. The predicted molar refractivity (Wildman–Crippen MR) is 148 cm³/mol. The summed E-state index contributed by atoms with van der Waals surface area (Å²) in [7, 11) is 0. The molecule has 39 heavy (non-hydrogen) atoms. The number of aromatic nitrogens is 1. The van der Waals surface area contributed by atoms with Crippen molar-refractivity contribution < 1.29 is 18.1 Å². The highest BCUT2D eigenvalue weighted by Gasteiger charge is 2.46. The van der Waals surface area contributed by atoms with Crippen molar-refractivity contribution in [3.05, 3.63) is 71.3 Å². The van der Waals surface area contributed by atoms with Gasteiger partial charge in [-0.05, 0) is 73.6 Å². The minimum atomic E-state index is -1.41. The number of benzene rings is 1. The summed E-state index contributed by atoms with van der Waals surface area (Å²) in [6.07, 6.45) is 8.01. The van der Waals surface area contributed by atoms with Crippen LogP contribution in [0, 0.1) is 22.6 Å². The average molecular weight is 554 g/mol. The number of fused-ring (bicyclic) bond motifs is 1. The Morgan fingerprint density at radius 1 is 1.21 bits per heavy atom. The third-order valence-electron chi connectivity index (χ3n) is 8.03. The molecule has 3 heterocycles. The lowest BCUT2D eigenvalue weighted by Crippen LogP contribution is -2.51. The van der Waals surface area contributed by atoms with Gasteiger partial charge in [-0.25, -0.2) is 13.8 Å². The molecule has 10 heteroatoms. The Kier molecular flexibility index (Phi) is 7.45. The van der Waals surface area contributed by atoms with E-state index in [0.29, 0.717) is 55.8 Å². The van der Waals surface area contributed by atoms with Gasteiger partial charge < -0.3 is 24.9 Å². The van der Waals surface area contributed by atoms with E-state index in [-0.39, 0.29) is 5.82 Å². The molecule has 1 aromatic carbocycles. The molecule has 0 spiro atoms. The first-order valence-corrected chi connectivity index (χ1v) is 14.6. The van der Waals surface area contributed by atoms with Crippen LogP contribution >= 0.6 is 0 Å². The zero-order valence-corrected chi connectivity index (χ0v) is 22.6. The van der Waals surface area contributed by atoms with Crippen LogP contribution in [0.5, 0.6) is 0 Å². The Hall–Kier alpha value is -2.79. The number of anilines is 2. The van der Waals surface area contributed by atoms with Crippen LogP contribution in [-0.2, 0) is 16.1 Å². The van der Waals surface area contributed by atoms with E-state index < -0.39 is 22.9 Å². The first-order chi connectivity index (χ1) is 18.9. The number of allylic oxidation sites excluding steroid dienone is 2. The van der Waals surface area contributed by atoms with Gasteiger partial charge in [0.25, 0.3) is 0 Å². The fourth-order valence-corrected chi connectivity index (χ4v) is 6.79. The Morgan fingerprint density at radius 2 is 2.00 bits per heavy atom. The van der Waals surface area contributed by atoms with Crippen LogP contribution in [0.25, 0.3) is 0 Å². The number of nitrogens with zero attached hydrogens (tertiary/aromatic N) is 3. The molecule has 0 amide bonds. The Balaban J connectivity index is 1.21. The van der Waals surface area contributed by atoms with Gasteiger partial charge in [-0.2, -0.15) is 0 Å². The number of rotatable bonds is 10. The normalized spacial score (nSPS) is 24.6. The molecular weight excluding hydrogens is 520 g/mol. The molecule has 6 rings (SSSR count). The molecule has 2 aliphatic heterocycles. The van der Waals surface area contributed by atoms with Crippen molar-refractivity contribution in [1.29, 1.82) is 5.41 Å². The number of hydrogen-bond acceptors (Lipinski definition) is 7. The number of ether oxygens (including phenoxy) is 1. The van der Waals surface area contributed by atoms with Gasteiger partial charge in [-0.3, -0.25) is 0 Å². The van der Waals surface area contributed by atoms with E-state index in [2.05, 4.69) is 16.4 Å². The number of halogens is 2. The van der Waals surface area contributed by atoms with Crippen molar-refractivity contribution in [3.8, 4) is 0 Å². The van der Waals surface area contributed by atoms with Crippen LogP contribution in [0.3, 0.4) is 0 Å². The molecule has 0 bridgehead atoms. The molecule has 1 unspecified atom stereocenters. The standard InChI is InChI=1S/C29H33F2N5O2S/c30-23-3-5-25(6-4-23)34-27-11-22-9-10-36(18-29(22,12-21(27)13-32)19-38-17-20-1-2-20)39(37)26-7-8-28(33-14-26)35-15-24(31)16-35/h3-8,11,13-14,20,24,32,34H,1-2,9-10,12,15-19H2/t29-,39?/m1/s1. The van der Waals surface area contributed by atoms with Crippen molar-refractivity contribution in [2.45, 2.75) is 36.8 Å². The van der Waals surface area contributed by atoms with E-state index in [4.69, 9.17) is 10.1 Å². The lowest BCUT2D eigenvalue weighted by atomic mass is 9.69. The van der Waals surface area contributed by atoms with Gasteiger partial charge in [0.2, 0.25) is 0 Å². The first-order valence-electron chi connectivity index (χ1n) is 13.5. The molecular formula is C29H33F2N5O2S. The number of hydrogen-bond donors (Lipinski definition) is 2. The van der Waals surface area contributed by atoms with Gasteiger partial charge in [0, 0.05) is 42.2 Å². The van der Waals surface area contributed by atoms with Crippen molar-refractivity contribution >= 4 is 29.1 Å². The molecule has 0 radical (unpaired) electrons. The fourth-order valence-electron chi connectivity index (χ4n) is 5.54. The zero-order valence-electron chi connectivity index (χ0n) is 21.7. The molecule has 2 aromatic rings. The zero-order chi connectivity index (χ0) is 27.0. The van der Waals surface area contributed by atoms with Gasteiger partial charge in [-0.15, -0.1) is 4.31 Å². The van der Waals surface area contributed by atoms with Crippen molar-refractivity contribution in [2.75, 3.05) is 49.6 Å². The molecule has 2 N–H and O–H groups in total. The van der Waals surface area contributed by atoms with Gasteiger partial charge in [0.1, 0.15) is 17.8 Å². The summed E-state index contributed by atoms with van der Waals surface area (Å²) in [6.45, 7) is 3.07. The highest BCUT2D eigenvalue weighted by atomic mass is 32.2. The second kappa shape index (κ2) is 11.0. The molecule has 3 fully saturated rings. The summed E-state index contributed by atoms with van der Waals surface area (Å²) in [5, 5.41) is 11.5. The third-order valence-corrected chi connectivity index (χ3v) is 9.45. The second-order valence-corrected chi connectivity index (χ2v) is 12.5. The van der Waals surface area contributed by atoms with E-state index in [0.717, 1.165) is 30.0 Å². The minimum Gasteiger partial charge on any atom is -0.593 e. The highest BCUT2D eigenvalue weighted by Crippen LogP contribution is 2.46. The van der Waals surface area contributed by atoms with Crippen molar-refractivity contribution in [3.63, 3.8) is 0 Å². The smallest absolute Gasteiger partial charge is 0.192 e. The first kappa shape index (κ1) is 26.4. The number of piperidine rings is 1. The van der Waals surface area contributed by atoms with Crippen LogP contribution in [0.1, 0.15) is 25.7 Å². The van der Waals surface area contributed by atoms with Gasteiger partial charge in [0.15, 0.2) is 4.90 Å². The van der Waals surface area contributed by atoms with Gasteiger partial charge >= 0.3 is 0 Å². The van der Waals surface area contributed by atoms with E-state index in [1.54, 1.807) is 18.3 Å². The molecule has 2 saturated heterocycles. The average Bonchev–Trinajstić information content (AvgIpc) is 3.76. The largest absolute Gasteiger partial charge is 0.593 e. The quantitative estimate of drug-likeness (QED) is 0.323. The molecule has 2 aliphatic carbocycles. The molecule has 1 aromatic heterocycles. The van der Waals surface area contributed by atoms with Crippen molar-refractivity contribution in [2.24, 2.45) is 11.3 Å². The minimum absolute atomic E-state index is 0.296. The lowest BCUT2D eigenvalue weighted by molar-refractivity contribution is 0.0357. The van der Waals surface area contributed by atoms with Crippen LogP contribution in [-0.4, -0.2) is 65.6 Å². The van der Waals surface area contributed by atoms with Gasteiger partial charge in [0.05, 0.1) is 43.8 Å². The number of pyridine rings is 1. The van der Waals surface area contributed by atoms with Crippen LogP contribution < -0.4 is 10.2 Å². The summed E-state index contributed by atoms with van der Waals surface area (Å²) in [5.41, 5.74) is 3.24. The predicted octanol–water partition coefficient (Wildman–Crippen LogP) is 4.87. The Morgan fingerprint density at radius 3 is 2.67 bits per heavy atom. The second-order valence-electron chi connectivity index (χ2n) is 11.0. The van der Waals surface area contributed by atoms with E-state index in [1.807, 2.05) is 21.3 Å². The summed E-state index contributed by atoms with van der Waals surface area (Å²) >= 11 is -1.41. The van der Waals surface area contributed by atoms with Crippen molar-refractivity contribution in [1.82, 2.24) is 9.29 Å². The number of nitrogens with one attached hydrogen (secondary N) is 2. The van der Waals surface area contributed by atoms with E-state index in [1.165, 1.54) is 36.8 Å². The maximum Gasteiger partial charge on any atom is 0.192 e. The Bertz CT molecular complexity index is 1260. The van der Waals surface area contributed by atoms with E-state index in [9.17, 15) is 13.3 Å². The molecule has 4 aliphatic rings.